The fraction of sp³-hybridized carbons (Fsp3) is 0.114. The third kappa shape index (κ3) is 8.10. The summed E-state index contributed by atoms with van der Waals surface area (Å²) in [6, 6.07) is 26.2. The highest BCUT2D eigenvalue weighted by Gasteiger charge is 2.40. The van der Waals surface area contributed by atoms with Crippen molar-refractivity contribution in [2.45, 2.75) is 23.5 Å². The molecule has 9 nitrogen and oxygen atoms in total. The lowest BCUT2D eigenvalue weighted by Crippen LogP contribution is -2.31. The minimum absolute atomic E-state index is 0.00292. The van der Waals surface area contributed by atoms with E-state index >= 15 is 0 Å². The van der Waals surface area contributed by atoms with E-state index in [1.807, 2.05) is 0 Å². The number of rotatable bonds is 10. The molecule has 4 aromatic rings. The molecule has 0 aromatic heterocycles. The molecule has 1 aliphatic heterocycles. The van der Waals surface area contributed by atoms with Crippen LogP contribution in [0.5, 0.6) is 0 Å². The Balaban J connectivity index is 1.27. The van der Waals surface area contributed by atoms with Gasteiger partial charge in [0.2, 0.25) is 11.8 Å². The molecule has 1 fully saturated rings. The van der Waals surface area contributed by atoms with Crippen molar-refractivity contribution in [2.24, 2.45) is 0 Å². The van der Waals surface area contributed by atoms with Crippen LogP contribution in [0, 0.1) is 0 Å². The largest absolute Gasteiger partial charge is 0.462 e. The molecule has 4 aromatic carbocycles. The number of anilines is 2. The summed E-state index contributed by atoms with van der Waals surface area (Å²) in [5, 5.41) is 5.29. The first-order chi connectivity index (χ1) is 22.6. The Morgan fingerprint density at radius 2 is 1.60 bits per heavy atom. The fourth-order valence-corrected chi connectivity index (χ4v) is 6.05. The molecule has 0 aliphatic carbocycles. The Hall–Kier alpha value is -4.90. The summed E-state index contributed by atoms with van der Waals surface area (Å²) in [6.45, 7) is 1.94. The van der Waals surface area contributed by atoms with Crippen molar-refractivity contribution in [3.05, 3.63) is 129 Å². The molecule has 1 aliphatic rings. The van der Waals surface area contributed by atoms with Gasteiger partial charge in [0.15, 0.2) is 0 Å². The van der Waals surface area contributed by atoms with Gasteiger partial charge in [-0.2, -0.15) is 0 Å². The maximum Gasteiger partial charge on any atom is 0.338 e. The highest BCUT2D eigenvalue weighted by atomic mass is 35.5. The second kappa shape index (κ2) is 15.1. The average molecular weight is 689 g/mol. The highest BCUT2D eigenvalue weighted by molar-refractivity contribution is 8.00. The van der Waals surface area contributed by atoms with Crippen molar-refractivity contribution in [1.82, 2.24) is 5.32 Å². The number of hydrogen-bond acceptors (Lipinski definition) is 7. The third-order valence-corrected chi connectivity index (χ3v) is 8.97. The van der Waals surface area contributed by atoms with Crippen LogP contribution in [-0.2, 0) is 19.1 Å². The third-order valence-electron chi connectivity index (χ3n) is 6.94. The van der Waals surface area contributed by atoms with Gasteiger partial charge in [-0.1, -0.05) is 53.5 Å². The summed E-state index contributed by atoms with van der Waals surface area (Å²) >= 11 is 13.7. The number of amides is 4. The molecular formula is C35H27Cl2N3O6S. The molecule has 47 heavy (non-hydrogen) atoms. The van der Waals surface area contributed by atoms with Gasteiger partial charge in [-0.3, -0.25) is 19.2 Å². The van der Waals surface area contributed by atoms with Crippen molar-refractivity contribution in [3.8, 4) is 0 Å². The Labute approximate surface area is 284 Å². The molecule has 0 saturated carbocycles. The van der Waals surface area contributed by atoms with Crippen LogP contribution in [0.1, 0.15) is 39.6 Å². The van der Waals surface area contributed by atoms with Crippen LogP contribution in [0.3, 0.4) is 0 Å². The smallest absolute Gasteiger partial charge is 0.338 e. The highest BCUT2D eigenvalue weighted by Crippen LogP contribution is 2.35. The van der Waals surface area contributed by atoms with Crippen LogP contribution in [0.25, 0.3) is 6.08 Å². The molecule has 238 valence electrons. The molecule has 0 radical (unpaired) electrons. The second-order valence-electron chi connectivity index (χ2n) is 10.1. The number of hydrogen-bond donors (Lipinski definition) is 2. The number of imide groups is 1. The number of nitrogens with one attached hydrogen (secondary N) is 2. The van der Waals surface area contributed by atoms with Gasteiger partial charge < -0.3 is 15.4 Å². The van der Waals surface area contributed by atoms with Crippen molar-refractivity contribution < 1.29 is 28.7 Å². The molecule has 1 heterocycles. The minimum Gasteiger partial charge on any atom is -0.462 e. The van der Waals surface area contributed by atoms with Crippen LogP contribution in [-0.4, -0.2) is 41.5 Å². The first kappa shape index (κ1) is 33.5. The molecule has 0 spiro atoms. The SMILES string of the molecule is CCOC(=O)c1ccc(N2C(=O)CC(Sc3ccc(NC(=O)/C(=C/c4cccc(Cl)c4Cl)NC(=O)c4ccccc4)cc3)C2=O)cc1. The maximum absolute atomic E-state index is 13.4. The molecule has 1 saturated heterocycles. The fourth-order valence-electron chi connectivity index (χ4n) is 4.64. The number of esters is 1. The van der Waals surface area contributed by atoms with E-state index in [2.05, 4.69) is 10.6 Å². The number of halogens is 2. The van der Waals surface area contributed by atoms with Crippen LogP contribution in [0.2, 0.25) is 10.0 Å². The van der Waals surface area contributed by atoms with E-state index in [1.165, 1.54) is 42.1 Å². The van der Waals surface area contributed by atoms with Gasteiger partial charge in [-0.05, 0) is 85.3 Å². The van der Waals surface area contributed by atoms with E-state index in [1.54, 1.807) is 79.7 Å². The van der Waals surface area contributed by atoms with Crippen LogP contribution < -0.4 is 15.5 Å². The van der Waals surface area contributed by atoms with E-state index in [0.29, 0.717) is 38.0 Å². The lowest BCUT2D eigenvalue weighted by atomic mass is 10.1. The van der Waals surface area contributed by atoms with Gasteiger partial charge in [-0.15, -0.1) is 11.8 Å². The molecule has 2 N–H and O–H groups in total. The van der Waals surface area contributed by atoms with Crippen molar-refractivity contribution in [2.75, 3.05) is 16.8 Å². The Morgan fingerprint density at radius 1 is 0.894 bits per heavy atom. The molecular weight excluding hydrogens is 661 g/mol. The molecule has 1 atom stereocenters. The average Bonchev–Trinajstić information content (AvgIpc) is 3.35. The number of carbonyl (C=O) groups excluding carboxylic acids is 5. The molecule has 0 bridgehead atoms. The normalized spacial score (nSPS) is 14.6. The van der Waals surface area contributed by atoms with Crippen LogP contribution >= 0.6 is 35.0 Å². The Kier molecular flexibility index (Phi) is 10.8. The number of benzene rings is 4. The molecule has 5 rings (SSSR count). The summed E-state index contributed by atoms with van der Waals surface area (Å²) in [5.41, 5.74) is 1.85. The van der Waals surface area contributed by atoms with E-state index in [-0.39, 0.29) is 35.6 Å². The predicted molar refractivity (Wildman–Crippen MR) is 183 cm³/mol. The summed E-state index contributed by atoms with van der Waals surface area (Å²) in [6.07, 6.45) is 1.44. The minimum atomic E-state index is -0.655. The standard InChI is InChI=1S/C35H27Cl2N3O6S/c1-2-46-35(45)22-11-15-25(16-12-22)40-30(41)20-29(34(40)44)47-26-17-13-24(14-18-26)38-33(43)28(19-23-9-6-10-27(36)31(23)37)39-32(42)21-7-4-3-5-8-21/h3-19,29H,2,20H2,1H3,(H,38,43)(H,39,42)/b28-19-. The lowest BCUT2D eigenvalue weighted by Gasteiger charge is -2.15. The van der Waals surface area contributed by atoms with E-state index in [4.69, 9.17) is 27.9 Å². The zero-order valence-corrected chi connectivity index (χ0v) is 27.2. The monoisotopic (exact) mass is 687 g/mol. The van der Waals surface area contributed by atoms with Gasteiger partial charge in [0.05, 0.1) is 33.2 Å². The van der Waals surface area contributed by atoms with Crippen molar-refractivity contribution in [1.29, 1.82) is 0 Å². The quantitative estimate of drug-likeness (QED) is 0.105. The zero-order valence-electron chi connectivity index (χ0n) is 24.9. The van der Waals surface area contributed by atoms with E-state index < -0.39 is 23.0 Å². The predicted octanol–water partition coefficient (Wildman–Crippen LogP) is 7.00. The Bertz CT molecular complexity index is 1860. The zero-order chi connectivity index (χ0) is 33.5. The topological polar surface area (TPSA) is 122 Å². The molecule has 12 heteroatoms. The van der Waals surface area contributed by atoms with Crippen molar-refractivity contribution >= 4 is 82.0 Å². The number of carbonyl (C=O) groups is 5. The summed E-state index contributed by atoms with van der Waals surface area (Å²) in [4.78, 5) is 66.1. The second-order valence-corrected chi connectivity index (χ2v) is 12.2. The van der Waals surface area contributed by atoms with Gasteiger partial charge in [0, 0.05) is 22.6 Å². The van der Waals surface area contributed by atoms with E-state index in [0.717, 1.165) is 4.90 Å². The van der Waals surface area contributed by atoms with Crippen LogP contribution in [0.4, 0.5) is 11.4 Å². The maximum atomic E-state index is 13.4. The van der Waals surface area contributed by atoms with Gasteiger partial charge in [0.1, 0.15) is 5.70 Å². The van der Waals surface area contributed by atoms with Gasteiger partial charge >= 0.3 is 5.97 Å². The van der Waals surface area contributed by atoms with Gasteiger partial charge in [-0.25, -0.2) is 9.69 Å². The van der Waals surface area contributed by atoms with Crippen LogP contribution in [0.15, 0.2) is 108 Å². The molecule has 4 amide bonds. The first-order valence-electron chi connectivity index (χ1n) is 14.4. The summed E-state index contributed by atoms with van der Waals surface area (Å²) < 4.78 is 4.98. The number of nitrogens with zero attached hydrogens (tertiary/aromatic N) is 1. The molecule has 1 unspecified atom stereocenters. The number of thioether (sulfide) groups is 1. The Morgan fingerprint density at radius 3 is 2.28 bits per heavy atom. The first-order valence-corrected chi connectivity index (χ1v) is 16.0. The lowest BCUT2D eigenvalue weighted by molar-refractivity contribution is -0.121. The van der Waals surface area contributed by atoms with Crippen molar-refractivity contribution in [3.63, 3.8) is 0 Å². The number of ether oxygens (including phenoxy) is 1. The summed E-state index contributed by atoms with van der Waals surface area (Å²) in [5.74, 6) is -2.30. The summed E-state index contributed by atoms with van der Waals surface area (Å²) in [7, 11) is 0. The van der Waals surface area contributed by atoms with Gasteiger partial charge in [0.25, 0.3) is 11.8 Å². The van der Waals surface area contributed by atoms with E-state index in [9.17, 15) is 24.0 Å².